The summed E-state index contributed by atoms with van der Waals surface area (Å²) in [6.07, 6.45) is 0. The van der Waals surface area contributed by atoms with E-state index in [0.29, 0.717) is 5.92 Å². The fourth-order valence-corrected chi connectivity index (χ4v) is 2.93. The molecule has 2 aromatic carbocycles. The smallest absolute Gasteiger partial charge is 0.00758 e. The second-order valence-corrected chi connectivity index (χ2v) is 4.71. The highest BCUT2D eigenvalue weighted by atomic mass is 14.3. The van der Waals surface area contributed by atoms with E-state index in [1.165, 1.54) is 27.8 Å². The van der Waals surface area contributed by atoms with Gasteiger partial charge in [0.1, 0.15) is 0 Å². The van der Waals surface area contributed by atoms with E-state index >= 15 is 0 Å². The monoisotopic (exact) mass is 220 g/mol. The molecule has 0 radical (unpaired) electrons. The lowest BCUT2D eigenvalue weighted by atomic mass is 9.92. The summed E-state index contributed by atoms with van der Waals surface area (Å²) in [5.74, 6) is 0.508. The van der Waals surface area contributed by atoms with E-state index < -0.39 is 0 Å². The van der Waals surface area contributed by atoms with Crippen LogP contribution in [0.2, 0.25) is 0 Å². The first-order valence-corrected chi connectivity index (χ1v) is 6.14. The van der Waals surface area contributed by atoms with Crippen LogP contribution < -0.4 is 0 Å². The summed E-state index contributed by atoms with van der Waals surface area (Å²) in [6.45, 7) is 4.54. The van der Waals surface area contributed by atoms with Gasteiger partial charge in [0.2, 0.25) is 0 Å². The second kappa shape index (κ2) is 3.89. The van der Waals surface area contributed by atoms with Gasteiger partial charge in [0.15, 0.2) is 0 Å². The van der Waals surface area contributed by atoms with E-state index in [4.69, 9.17) is 0 Å². The molecule has 0 saturated carbocycles. The molecule has 84 valence electrons. The topological polar surface area (TPSA) is 0 Å². The van der Waals surface area contributed by atoms with Crippen molar-refractivity contribution in [2.45, 2.75) is 19.8 Å². The zero-order chi connectivity index (χ0) is 11.8. The SMILES string of the molecule is CC1=C(c2ccccc2)[C@@H](C)c2ccccc21. The van der Waals surface area contributed by atoms with Crippen LogP contribution in [0.5, 0.6) is 0 Å². The van der Waals surface area contributed by atoms with Crippen LogP contribution in [-0.4, -0.2) is 0 Å². The average Bonchev–Trinajstić information content (AvgIpc) is 2.64. The Bertz CT molecular complexity index is 576. The zero-order valence-electron chi connectivity index (χ0n) is 10.3. The lowest BCUT2D eigenvalue weighted by Gasteiger charge is -2.11. The molecule has 0 heteroatoms. The fourth-order valence-electron chi connectivity index (χ4n) is 2.93. The molecule has 1 aliphatic rings. The van der Waals surface area contributed by atoms with Gasteiger partial charge in [-0.05, 0) is 34.8 Å². The lowest BCUT2D eigenvalue weighted by molar-refractivity contribution is 1.01. The molecule has 0 aliphatic heterocycles. The van der Waals surface area contributed by atoms with Crippen molar-refractivity contribution in [1.82, 2.24) is 0 Å². The highest BCUT2D eigenvalue weighted by molar-refractivity contribution is 5.98. The van der Waals surface area contributed by atoms with E-state index in [0.717, 1.165) is 0 Å². The van der Waals surface area contributed by atoms with Gasteiger partial charge in [-0.1, -0.05) is 61.5 Å². The van der Waals surface area contributed by atoms with E-state index in [-0.39, 0.29) is 0 Å². The number of hydrogen-bond acceptors (Lipinski definition) is 0. The summed E-state index contributed by atoms with van der Waals surface area (Å²) >= 11 is 0. The van der Waals surface area contributed by atoms with Gasteiger partial charge in [-0.2, -0.15) is 0 Å². The van der Waals surface area contributed by atoms with Gasteiger partial charge in [0.25, 0.3) is 0 Å². The lowest BCUT2D eigenvalue weighted by Crippen LogP contribution is -1.92. The Morgan fingerprint density at radius 1 is 0.824 bits per heavy atom. The molecule has 0 fully saturated rings. The Balaban J connectivity index is 2.18. The Hall–Kier alpha value is -1.82. The highest BCUT2D eigenvalue weighted by Crippen LogP contribution is 2.46. The molecule has 1 aliphatic carbocycles. The van der Waals surface area contributed by atoms with Gasteiger partial charge in [0, 0.05) is 5.92 Å². The summed E-state index contributed by atoms with van der Waals surface area (Å²) in [6, 6.07) is 19.5. The van der Waals surface area contributed by atoms with Crippen molar-refractivity contribution in [2.75, 3.05) is 0 Å². The van der Waals surface area contributed by atoms with Crippen LogP contribution in [0.1, 0.15) is 36.5 Å². The van der Waals surface area contributed by atoms with Crippen molar-refractivity contribution in [3.63, 3.8) is 0 Å². The Labute approximate surface area is 103 Å². The van der Waals surface area contributed by atoms with Gasteiger partial charge in [-0.25, -0.2) is 0 Å². The van der Waals surface area contributed by atoms with Crippen LogP contribution in [0.4, 0.5) is 0 Å². The minimum atomic E-state index is 0.508. The van der Waals surface area contributed by atoms with Crippen LogP contribution in [0.15, 0.2) is 54.6 Å². The largest absolute Gasteiger partial charge is 0.0622 e. The van der Waals surface area contributed by atoms with Crippen molar-refractivity contribution in [3.8, 4) is 0 Å². The average molecular weight is 220 g/mol. The normalized spacial score (nSPS) is 18.4. The summed E-state index contributed by atoms with van der Waals surface area (Å²) in [5, 5.41) is 0. The van der Waals surface area contributed by atoms with Crippen LogP contribution in [0, 0.1) is 0 Å². The first-order chi connectivity index (χ1) is 8.29. The molecule has 0 N–H and O–H groups in total. The molecule has 2 aromatic rings. The number of hydrogen-bond donors (Lipinski definition) is 0. The molecule has 1 atom stereocenters. The van der Waals surface area contributed by atoms with Crippen molar-refractivity contribution in [1.29, 1.82) is 0 Å². The molecule has 0 nitrogen and oxygen atoms in total. The zero-order valence-corrected chi connectivity index (χ0v) is 10.3. The van der Waals surface area contributed by atoms with Gasteiger partial charge in [-0.15, -0.1) is 0 Å². The third-order valence-electron chi connectivity index (χ3n) is 3.75. The first kappa shape index (κ1) is 10.3. The summed E-state index contributed by atoms with van der Waals surface area (Å²) in [7, 11) is 0. The molecule has 17 heavy (non-hydrogen) atoms. The van der Waals surface area contributed by atoms with Crippen LogP contribution in [0.25, 0.3) is 11.1 Å². The summed E-state index contributed by atoms with van der Waals surface area (Å²) in [4.78, 5) is 0. The van der Waals surface area contributed by atoms with E-state index in [9.17, 15) is 0 Å². The molecule has 0 saturated heterocycles. The number of rotatable bonds is 1. The van der Waals surface area contributed by atoms with Gasteiger partial charge < -0.3 is 0 Å². The predicted molar refractivity (Wildman–Crippen MR) is 73.8 cm³/mol. The summed E-state index contributed by atoms with van der Waals surface area (Å²) in [5.41, 5.74) is 7.14. The van der Waals surface area contributed by atoms with Crippen LogP contribution in [-0.2, 0) is 0 Å². The number of allylic oxidation sites excluding steroid dienone is 2. The quantitative estimate of drug-likeness (QED) is 0.651. The van der Waals surface area contributed by atoms with Crippen LogP contribution in [0.3, 0.4) is 0 Å². The van der Waals surface area contributed by atoms with Gasteiger partial charge in [-0.3, -0.25) is 0 Å². The molecule has 3 rings (SSSR count). The minimum absolute atomic E-state index is 0.508. The highest BCUT2D eigenvalue weighted by Gasteiger charge is 2.25. The summed E-state index contributed by atoms with van der Waals surface area (Å²) < 4.78 is 0. The maximum Gasteiger partial charge on any atom is 0.00758 e. The maximum atomic E-state index is 2.30. The molecule has 0 heterocycles. The van der Waals surface area contributed by atoms with E-state index in [1.54, 1.807) is 0 Å². The molecule has 0 amide bonds. The Kier molecular flexibility index (Phi) is 2.36. The standard InChI is InChI=1S/C17H16/c1-12-15-10-6-7-11-16(15)13(2)17(12)14-8-4-3-5-9-14/h3-12H,1-2H3/t12-/m0/s1. The van der Waals surface area contributed by atoms with Crippen molar-refractivity contribution < 1.29 is 0 Å². The molecule has 0 unspecified atom stereocenters. The third-order valence-corrected chi connectivity index (χ3v) is 3.75. The number of benzene rings is 2. The fraction of sp³-hybridized carbons (Fsp3) is 0.176. The van der Waals surface area contributed by atoms with Crippen molar-refractivity contribution >= 4 is 11.1 Å². The van der Waals surface area contributed by atoms with E-state index in [1.807, 2.05) is 0 Å². The van der Waals surface area contributed by atoms with Gasteiger partial charge >= 0.3 is 0 Å². The van der Waals surface area contributed by atoms with Crippen LogP contribution >= 0.6 is 0 Å². The first-order valence-electron chi connectivity index (χ1n) is 6.14. The second-order valence-electron chi connectivity index (χ2n) is 4.71. The Morgan fingerprint density at radius 2 is 1.47 bits per heavy atom. The molecule has 0 aromatic heterocycles. The maximum absolute atomic E-state index is 2.30. The van der Waals surface area contributed by atoms with Gasteiger partial charge in [0.05, 0.1) is 0 Å². The minimum Gasteiger partial charge on any atom is -0.0622 e. The number of fused-ring (bicyclic) bond motifs is 1. The van der Waals surface area contributed by atoms with E-state index in [2.05, 4.69) is 68.4 Å². The predicted octanol–water partition coefficient (Wildman–Crippen LogP) is 4.73. The molecule has 0 bridgehead atoms. The van der Waals surface area contributed by atoms with Crippen molar-refractivity contribution in [2.24, 2.45) is 0 Å². The van der Waals surface area contributed by atoms with Crippen molar-refractivity contribution in [3.05, 3.63) is 71.3 Å². The molecular formula is C17H16. The molecule has 0 spiro atoms. The third kappa shape index (κ3) is 1.52. The molecular weight excluding hydrogens is 204 g/mol. The Morgan fingerprint density at radius 3 is 2.18 bits per heavy atom.